The van der Waals surface area contributed by atoms with Crippen LogP contribution in [0.4, 0.5) is 5.82 Å². The number of piperazine rings is 1. The summed E-state index contributed by atoms with van der Waals surface area (Å²) in [5.74, 6) is 2.20. The first-order valence-electron chi connectivity index (χ1n) is 12.4. The molecule has 0 bridgehead atoms. The lowest BCUT2D eigenvalue weighted by Crippen LogP contribution is -2.44. The van der Waals surface area contributed by atoms with Gasteiger partial charge in [-0.05, 0) is 48.9 Å². The van der Waals surface area contributed by atoms with E-state index in [0.29, 0.717) is 23.1 Å². The molecular formula is C24H33ClN8O2. The molecule has 2 aromatic rings. The van der Waals surface area contributed by atoms with E-state index >= 15 is 0 Å². The normalized spacial score (nSPS) is 17.2. The van der Waals surface area contributed by atoms with E-state index in [9.17, 15) is 9.59 Å². The highest BCUT2D eigenvalue weighted by Crippen LogP contribution is 2.32. The van der Waals surface area contributed by atoms with Gasteiger partial charge in [0.05, 0.1) is 0 Å². The summed E-state index contributed by atoms with van der Waals surface area (Å²) < 4.78 is 0. The lowest BCUT2D eigenvalue weighted by molar-refractivity contribution is 0.0938. The Morgan fingerprint density at radius 2 is 1.37 bits per heavy atom. The Hall–Kier alpha value is -2.85. The van der Waals surface area contributed by atoms with Crippen LogP contribution in [0.2, 0.25) is 5.15 Å². The highest BCUT2D eigenvalue weighted by atomic mass is 35.5. The molecule has 3 N–H and O–H groups in total. The van der Waals surface area contributed by atoms with Gasteiger partial charge in [0.25, 0.3) is 11.8 Å². The molecule has 0 atom stereocenters. The van der Waals surface area contributed by atoms with Crippen LogP contribution in [0.25, 0.3) is 0 Å². The topological polar surface area (TPSA) is 125 Å². The zero-order chi connectivity index (χ0) is 24.5. The van der Waals surface area contributed by atoms with E-state index in [1.807, 2.05) is 6.07 Å². The van der Waals surface area contributed by atoms with Crippen LogP contribution in [0.15, 0.2) is 24.3 Å². The standard InChI is InChI=1S/C14H21N5O.C10H12ClN3O/c20-14(16-6-5-11-1-2-11)12-3-4-13(18-17-12)19-9-7-15-8-10-19;11-9-4-3-8(13-14-9)10(15)12-6-5-7-1-2-7/h3-4,11,15H,1-2,5-10H2,(H,16,20);3-4,7H,1-2,5-6H2,(H,12,15). The third kappa shape index (κ3) is 8.70. The SMILES string of the molecule is O=C(NCCC1CC1)c1ccc(Cl)nn1.O=C(NCCC1CC1)c1ccc(N2CCNCC2)nn1. The predicted molar refractivity (Wildman–Crippen MR) is 134 cm³/mol. The molecule has 0 unspecified atom stereocenters. The molecule has 5 rings (SSSR count). The number of carbonyl (C=O) groups is 2. The van der Waals surface area contributed by atoms with Gasteiger partial charge in [-0.1, -0.05) is 37.3 Å². The molecule has 1 aliphatic heterocycles. The van der Waals surface area contributed by atoms with E-state index in [0.717, 1.165) is 63.2 Å². The Morgan fingerprint density at radius 3 is 1.83 bits per heavy atom. The van der Waals surface area contributed by atoms with Crippen molar-refractivity contribution < 1.29 is 9.59 Å². The molecule has 0 spiro atoms. The molecule has 35 heavy (non-hydrogen) atoms. The fraction of sp³-hybridized carbons (Fsp3) is 0.583. The number of nitrogens with zero attached hydrogens (tertiary/aromatic N) is 5. The van der Waals surface area contributed by atoms with Crippen molar-refractivity contribution in [3.63, 3.8) is 0 Å². The summed E-state index contributed by atoms with van der Waals surface area (Å²) in [4.78, 5) is 25.6. The van der Waals surface area contributed by atoms with Crippen LogP contribution in [-0.4, -0.2) is 71.5 Å². The van der Waals surface area contributed by atoms with Gasteiger partial charge in [0.1, 0.15) is 0 Å². The van der Waals surface area contributed by atoms with Gasteiger partial charge in [0.2, 0.25) is 0 Å². The Labute approximate surface area is 210 Å². The Balaban J connectivity index is 0.000000172. The molecule has 3 heterocycles. The van der Waals surface area contributed by atoms with Crippen molar-refractivity contribution in [1.29, 1.82) is 0 Å². The third-order valence-corrected chi connectivity index (χ3v) is 6.46. The van der Waals surface area contributed by atoms with Crippen LogP contribution >= 0.6 is 11.6 Å². The molecule has 10 nitrogen and oxygen atoms in total. The van der Waals surface area contributed by atoms with Crippen LogP contribution in [0.1, 0.15) is 59.5 Å². The first kappa shape index (κ1) is 25.2. The number of nitrogens with one attached hydrogen (secondary N) is 3. The van der Waals surface area contributed by atoms with E-state index in [-0.39, 0.29) is 11.8 Å². The molecule has 11 heteroatoms. The number of aromatic nitrogens is 4. The summed E-state index contributed by atoms with van der Waals surface area (Å²) in [6.07, 6.45) is 7.38. The van der Waals surface area contributed by atoms with Crippen LogP contribution in [0, 0.1) is 11.8 Å². The van der Waals surface area contributed by atoms with E-state index in [4.69, 9.17) is 11.6 Å². The molecule has 2 saturated carbocycles. The van der Waals surface area contributed by atoms with Crippen molar-refractivity contribution in [2.45, 2.75) is 38.5 Å². The van der Waals surface area contributed by atoms with E-state index in [1.165, 1.54) is 25.7 Å². The van der Waals surface area contributed by atoms with Gasteiger partial charge in [-0.15, -0.1) is 20.4 Å². The molecule has 0 radical (unpaired) electrons. The monoisotopic (exact) mass is 500 g/mol. The number of carbonyl (C=O) groups excluding carboxylic acids is 2. The maximum absolute atomic E-state index is 11.9. The Kier molecular flexibility index (Phi) is 9.19. The molecule has 2 aliphatic carbocycles. The molecule has 1 saturated heterocycles. The summed E-state index contributed by atoms with van der Waals surface area (Å²) in [5.41, 5.74) is 0.717. The van der Waals surface area contributed by atoms with Gasteiger partial charge in [-0.3, -0.25) is 9.59 Å². The number of rotatable bonds is 9. The van der Waals surface area contributed by atoms with Crippen LogP contribution in [0.3, 0.4) is 0 Å². The maximum atomic E-state index is 11.9. The van der Waals surface area contributed by atoms with E-state index in [1.54, 1.807) is 18.2 Å². The first-order valence-corrected chi connectivity index (χ1v) is 12.8. The van der Waals surface area contributed by atoms with Crippen LogP contribution in [-0.2, 0) is 0 Å². The van der Waals surface area contributed by atoms with Gasteiger partial charge in [-0.2, -0.15) is 0 Å². The minimum Gasteiger partial charge on any atom is -0.353 e. The number of hydrogen-bond donors (Lipinski definition) is 3. The van der Waals surface area contributed by atoms with E-state index < -0.39 is 0 Å². The number of halogens is 1. The van der Waals surface area contributed by atoms with Gasteiger partial charge in [0.15, 0.2) is 22.4 Å². The third-order valence-electron chi connectivity index (χ3n) is 6.26. The fourth-order valence-electron chi connectivity index (χ4n) is 3.72. The second-order valence-electron chi connectivity index (χ2n) is 9.23. The summed E-state index contributed by atoms with van der Waals surface area (Å²) in [7, 11) is 0. The molecule has 188 valence electrons. The highest BCUT2D eigenvalue weighted by molar-refractivity contribution is 6.29. The Morgan fingerprint density at radius 1 is 0.829 bits per heavy atom. The van der Waals surface area contributed by atoms with Crippen molar-refractivity contribution in [1.82, 2.24) is 36.3 Å². The van der Waals surface area contributed by atoms with Gasteiger partial charge < -0.3 is 20.9 Å². The molecule has 3 aliphatic rings. The zero-order valence-corrected chi connectivity index (χ0v) is 20.6. The lowest BCUT2D eigenvalue weighted by atomic mass is 10.3. The zero-order valence-electron chi connectivity index (χ0n) is 19.9. The minimum absolute atomic E-state index is 0.120. The smallest absolute Gasteiger partial charge is 0.271 e. The van der Waals surface area contributed by atoms with Crippen molar-refractivity contribution in [3.8, 4) is 0 Å². The summed E-state index contributed by atoms with van der Waals surface area (Å²) in [5, 5.41) is 24.8. The largest absolute Gasteiger partial charge is 0.353 e. The predicted octanol–water partition coefficient (Wildman–Crippen LogP) is 2.08. The number of amides is 2. The van der Waals surface area contributed by atoms with Crippen molar-refractivity contribution in [2.24, 2.45) is 11.8 Å². The first-order chi connectivity index (χ1) is 17.1. The fourth-order valence-corrected chi connectivity index (χ4v) is 3.82. The average molecular weight is 501 g/mol. The van der Waals surface area contributed by atoms with E-state index in [2.05, 4.69) is 41.2 Å². The van der Waals surface area contributed by atoms with Crippen LogP contribution < -0.4 is 20.9 Å². The number of anilines is 1. The second-order valence-corrected chi connectivity index (χ2v) is 9.62. The molecule has 2 amide bonds. The highest BCUT2D eigenvalue weighted by Gasteiger charge is 2.21. The van der Waals surface area contributed by atoms with Gasteiger partial charge >= 0.3 is 0 Å². The van der Waals surface area contributed by atoms with Crippen LogP contribution in [0.5, 0.6) is 0 Å². The van der Waals surface area contributed by atoms with Crippen molar-refractivity contribution >= 4 is 29.2 Å². The summed E-state index contributed by atoms with van der Waals surface area (Å²) in [6, 6.07) is 6.77. The molecule has 3 fully saturated rings. The average Bonchev–Trinajstić information content (AvgIpc) is 3.82. The summed E-state index contributed by atoms with van der Waals surface area (Å²) >= 11 is 5.57. The lowest BCUT2D eigenvalue weighted by Gasteiger charge is -2.27. The van der Waals surface area contributed by atoms with Crippen molar-refractivity contribution in [2.75, 3.05) is 44.2 Å². The quantitative estimate of drug-likeness (QED) is 0.478. The molecule has 0 aromatic carbocycles. The van der Waals surface area contributed by atoms with Gasteiger partial charge in [0, 0.05) is 39.3 Å². The number of hydrogen-bond acceptors (Lipinski definition) is 8. The minimum atomic E-state index is -0.181. The molecular weight excluding hydrogens is 468 g/mol. The summed E-state index contributed by atoms with van der Waals surface area (Å²) in [6.45, 7) is 5.25. The van der Waals surface area contributed by atoms with Crippen molar-refractivity contribution in [3.05, 3.63) is 40.8 Å². The Bertz CT molecular complexity index is 958. The molecule has 2 aromatic heterocycles. The maximum Gasteiger partial charge on any atom is 0.271 e. The van der Waals surface area contributed by atoms with Gasteiger partial charge in [-0.25, -0.2) is 0 Å². The second kappa shape index (κ2) is 12.7.